The molecule has 0 unspecified atom stereocenters. The van der Waals surface area contributed by atoms with E-state index in [-0.39, 0.29) is 17.9 Å². The fourth-order valence-corrected chi connectivity index (χ4v) is 3.69. The van der Waals surface area contributed by atoms with Gasteiger partial charge < -0.3 is 16.5 Å². The van der Waals surface area contributed by atoms with Crippen molar-refractivity contribution in [2.75, 3.05) is 11.2 Å². The number of nitrogen functional groups attached to an aromatic ring is 1. The highest BCUT2D eigenvalue weighted by Crippen LogP contribution is 2.15. The minimum absolute atomic E-state index is 0.0236. The molecule has 4 N–H and O–H groups in total. The standard InChI is InChI=1S/C23H25N7O3/c1-13-6-7-30(26-11-16-4-5-19-20(9-16)29-33-28-19)23(32)17(13)10-22(31)25-12-18-14(2)8-21(24)27-15(18)3/h4-9,26H,10-12H2,1-3H3,(H2,24,27)(H,25,31). The summed E-state index contributed by atoms with van der Waals surface area (Å²) in [6.07, 6.45) is 1.63. The average Bonchev–Trinajstić information content (AvgIpc) is 3.23. The molecule has 170 valence electrons. The largest absolute Gasteiger partial charge is 0.384 e. The Morgan fingerprint density at radius 2 is 1.82 bits per heavy atom. The molecule has 0 aliphatic carbocycles. The summed E-state index contributed by atoms with van der Waals surface area (Å²) in [5.41, 5.74) is 14.6. The van der Waals surface area contributed by atoms with E-state index in [1.807, 2.05) is 32.9 Å². The summed E-state index contributed by atoms with van der Waals surface area (Å²) in [6.45, 7) is 6.31. The van der Waals surface area contributed by atoms with Gasteiger partial charge in [-0.2, -0.15) is 0 Å². The van der Waals surface area contributed by atoms with Crippen LogP contribution in [0.25, 0.3) is 11.0 Å². The number of anilines is 1. The number of aromatic nitrogens is 4. The van der Waals surface area contributed by atoms with Crippen molar-refractivity contribution < 1.29 is 9.42 Å². The second-order valence-corrected chi connectivity index (χ2v) is 7.96. The number of benzene rings is 1. The first kappa shape index (κ1) is 22.0. The lowest BCUT2D eigenvalue weighted by molar-refractivity contribution is -0.120. The number of hydrogen-bond acceptors (Lipinski definition) is 8. The van der Waals surface area contributed by atoms with Gasteiger partial charge in [0.15, 0.2) is 0 Å². The van der Waals surface area contributed by atoms with E-state index in [0.29, 0.717) is 35.5 Å². The normalized spacial score (nSPS) is 11.0. The van der Waals surface area contributed by atoms with Crippen LogP contribution < -0.4 is 22.0 Å². The number of carbonyl (C=O) groups is 1. The smallest absolute Gasteiger partial charge is 0.272 e. The number of carbonyl (C=O) groups excluding carboxylic acids is 1. The maximum absolute atomic E-state index is 13.0. The predicted octanol–water partition coefficient (Wildman–Crippen LogP) is 1.89. The number of aryl methyl sites for hydroxylation is 3. The number of amides is 1. The SMILES string of the molecule is Cc1cc(N)nc(C)c1CNC(=O)Cc1c(C)ccn(NCc2ccc3nonc3c2)c1=O. The third kappa shape index (κ3) is 4.84. The molecule has 0 fully saturated rings. The van der Waals surface area contributed by atoms with Crippen LogP contribution in [-0.2, 0) is 24.3 Å². The van der Waals surface area contributed by atoms with Crippen LogP contribution in [0.1, 0.15) is 33.5 Å². The number of nitrogens with two attached hydrogens (primary N) is 1. The Morgan fingerprint density at radius 1 is 1.03 bits per heavy atom. The molecule has 1 amide bonds. The molecular weight excluding hydrogens is 422 g/mol. The van der Waals surface area contributed by atoms with Crippen molar-refractivity contribution >= 4 is 22.8 Å². The van der Waals surface area contributed by atoms with Crippen molar-refractivity contribution in [3.05, 3.63) is 80.4 Å². The van der Waals surface area contributed by atoms with Crippen LogP contribution >= 0.6 is 0 Å². The minimum atomic E-state index is -0.268. The second-order valence-electron chi connectivity index (χ2n) is 7.96. The van der Waals surface area contributed by atoms with Gasteiger partial charge >= 0.3 is 0 Å². The number of nitrogens with zero attached hydrogens (tertiary/aromatic N) is 4. The Hall–Kier alpha value is -4.21. The summed E-state index contributed by atoms with van der Waals surface area (Å²) < 4.78 is 6.10. The van der Waals surface area contributed by atoms with Crippen molar-refractivity contribution in [3.8, 4) is 0 Å². The fraction of sp³-hybridized carbons (Fsp3) is 0.261. The van der Waals surface area contributed by atoms with Crippen molar-refractivity contribution in [2.45, 2.75) is 40.3 Å². The van der Waals surface area contributed by atoms with E-state index in [4.69, 9.17) is 10.4 Å². The third-order valence-corrected chi connectivity index (χ3v) is 5.57. The summed E-state index contributed by atoms with van der Waals surface area (Å²) in [4.78, 5) is 29.9. The molecule has 10 heteroatoms. The van der Waals surface area contributed by atoms with Crippen LogP contribution in [0.2, 0.25) is 0 Å². The molecule has 0 radical (unpaired) electrons. The third-order valence-electron chi connectivity index (χ3n) is 5.57. The van der Waals surface area contributed by atoms with Crippen LogP contribution in [0.3, 0.4) is 0 Å². The van der Waals surface area contributed by atoms with Gasteiger partial charge in [0.1, 0.15) is 16.9 Å². The van der Waals surface area contributed by atoms with Gasteiger partial charge in [0.05, 0.1) is 13.0 Å². The van der Waals surface area contributed by atoms with Crippen LogP contribution in [0, 0.1) is 20.8 Å². The van der Waals surface area contributed by atoms with E-state index in [0.717, 1.165) is 27.9 Å². The van der Waals surface area contributed by atoms with Gasteiger partial charge in [-0.1, -0.05) is 6.07 Å². The van der Waals surface area contributed by atoms with Gasteiger partial charge in [0.25, 0.3) is 5.56 Å². The van der Waals surface area contributed by atoms with E-state index in [1.165, 1.54) is 4.68 Å². The van der Waals surface area contributed by atoms with Crippen molar-refractivity contribution in [3.63, 3.8) is 0 Å². The molecule has 1 aromatic carbocycles. The zero-order chi connectivity index (χ0) is 23.5. The van der Waals surface area contributed by atoms with Crippen LogP contribution in [0.15, 0.2) is 46.0 Å². The van der Waals surface area contributed by atoms with Crippen molar-refractivity contribution in [1.29, 1.82) is 0 Å². The Morgan fingerprint density at radius 3 is 2.61 bits per heavy atom. The lowest BCUT2D eigenvalue weighted by Gasteiger charge is -2.14. The molecule has 33 heavy (non-hydrogen) atoms. The van der Waals surface area contributed by atoms with E-state index < -0.39 is 0 Å². The molecule has 3 heterocycles. The summed E-state index contributed by atoms with van der Waals surface area (Å²) in [7, 11) is 0. The fourth-order valence-electron chi connectivity index (χ4n) is 3.69. The van der Waals surface area contributed by atoms with Gasteiger partial charge in [-0.3, -0.25) is 9.59 Å². The molecule has 0 saturated carbocycles. The number of hydrogen-bond donors (Lipinski definition) is 3. The lowest BCUT2D eigenvalue weighted by atomic mass is 10.1. The number of nitrogens with one attached hydrogen (secondary N) is 2. The summed E-state index contributed by atoms with van der Waals surface area (Å²) in [5, 5.41) is 10.5. The first-order valence-corrected chi connectivity index (χ1v) is 10.5. The van der Waals surface area contributed by atoms with Gasteiger partial charge in [-0.05, 0) is 77.6 Å². The minimum Gasteiger partial charge on any atom is -0.384 e. The number of rotatable bonds is 7. The zero-order valence-electron chi connectivity index (χ0n) is 18.7. The van der Waals surface area contributed by atoms with E-state index in [2.05, 4.69) is 26.0 Å². The van der Waals surface area contributed by atoms with E-state index in [1.54, 1.807) is 24.4 Å². The average molecular weight is 447 g/mol. The molecule has 0 spiro atoms. The van der Waals surface area contributed by atoms with Crippen LogP contribution in [-0.4, -0.2) is 25.9 Å². The van der Waals surface area contributed by atoms with Crippen molar-refractivity contribution in [1.82, 2.24) is 25.3 Å². The second kappa shape index (κ2) is 9.11. The predicted molar refractivity (Wildman–Crippen MR) is 124 cm³/mol. The zero-order valence-corrected chi connectivity index (χ0v) is 18.7. The van der Waals surface area contributed by atoms with Gasteiger partial charge in [-0.15, -0.1) is 0 Å². The number of pyridine rings is 2. The maximum atomic E-state index is 13.0. The number of fused-ring (bicyclic) bond motifs is 1. The molecule has 0 aliphatic heterocycles. The highest BCUT2D eigenvalue weighted by atomic mass is 16.6. The summed E-state index contributed by atoms with van der Waals surface area (Å²) >= 11 is 0. The van der Waals surface area contributed by atoms with E-state index >= 15 is 0 Å². The van der Waals surface area contributed by atoms with Crippen LogP contribution in [0.5, 0.6) is 0 Å². The monoisotopic (exact) mass is 447 g/mol. The quantitative estimate of drug-likeness (QED) is 0.390. The summed E-state index contributed by atoms with van der Waals surface area (Å²) in [5.74, 6) is 0.207. The Balaban J connectivity index is 1.44. The molecule has 0 aliphatic rings. The highest BCUT2D eigenvalue weighted by molar-refractivity contribution is 5.79. The Bertz CT molecular complexity index is 1370. The lowest BCUT2D eigenvalue weighted by Crippen LogP contribution is -2.34. The van der Waals surface area contributed by atoms with Crippen LogP contribution in [0.4, 0.5) is 5.82 Å². The molecule has 0 saturated heterocycles. The Labute approximate surface area is 189 Å². The Kier molecular flexibility index (Phi) is 6.07. The maximum Gasteiger partial charge on any atom is 0.272 e. The van der Waals surface area contributed by atoms with Gasteiger partial charge in [-0.25, -0.2) is 14.3 Å². The highest BCUT2D eigenvalue weighted by Gasteiger charge is 2.14. The first-order valence-electron chi connectivity index (χ1n) is 10.5. The molecule has 4 rings (SSSR count). The molecule has 0 bridgehead atoms. The molecule has 3 aromatic heterocycles. The van der Waals surface area contributed by atoms with E-state index in [9.17, 15) is 9.59 Å². The topological polar surface area (TPSA) is 141 Å². The first-order chi connectivity index (χ1) is 15.8. The van der Waals surface area contributed by atoms with Gasteiger partial charge in [0.2, 0.25) is 5.91 Å². The molecule has 4 aromatic rings. The molecule has 10 nitrogen and oxygen atoms in total. The molecular formula is C23H25N7O3. The van der Waals surface area contributed by atoms with Crippen molar-refractivity contribution in [2.24, 2.45) is 0 Å². The summed E-state index contributed by atoms with van der Waals surface area (Å²) in [6, 6.07) is 9.10. The molecule has 0 atom stereocenters. The van der Waals surface area contributed by atoms with Gasteiger partial charge in [0, 0.05) is 24.0 Å².